The van der Waals surface area contributed by atoms with Crippen LogP contribution in [0.1, 0.15) is 41.7 Å². The Labute approximate surface area is 220 Å². The van der Waals surface area contributed by atoms with E-state index >= 15 is 0 Å². The van der Waals surface area contributed by atoms with Gasteiger partial charge in [-0.2, -0.15) is 0 Å². The molecular weight excluding hydrogens is 491 g/mol. The second-order valence-electron chi connectivity index (χ2n) is 9.29. The first kappa shape index (κ1) is 23.0. The number of carbonyl (C=O) groups is 1. The van der Waals surface area contributed by atoms with E-state index in [1.807, 2.05) is 72.8 Å². The molecule has 6 heteroatoms. The summed E-state index contributed by atoms with van der Waals surface area (Å²) in [5.74, 6) is 0.967. The van der Waals surface area contributed by atoms with Gasteiger partial charge in [0.05, 0.1) is 23.7 Å². The van der Waals surface area contributed by atoms with Crippen molar-refractivity contribution in [2.45, 2.75) is 31.3 Å². The smallest absolute Gasteiger partial charge is 0.163 e. The van der Waals surface area contributed by atoms with Gasteiger partial charge in [-0.25, -0.2) is 0 Å². The van der Waals surface area contributed by atoms with E-state index in [4.69, 9.17) is 27.6 Å². The average molecular weight is 515 g/mol. The highest BCUT2D eigenvalue weighted by Gasteiger charge is 2.40. The predicted molar refractivity (Wildman–Crippen MR) is 145 cm³/mol. The largest absolute Gasteiger partial charge is 0.469 e. The number of Topliss-reactive ketones (excluding diaryl/α,β-unsaturated/α-hetero) is 1. The second kappa shape index (κ2) is 9.53. The van der Waals surface area contributed by atoms with E-state index in [0.717, 1.165) is 39.5 Å². The van der Waals surface area contributed by atoms with E-state index in [-0.39, 0.29) is 17.7 Å². The van der Waals surface area contributed by atoms with Gasteiger partial charge in [0.25, 0.3) is 0 Å². The van der Waals surface area contributed by atoms with Crippen molar-refractivity contribution < 1.29 is 9.21 Å². The number of fused-ring (bicyclic) bond motifs is 1. The van der Waals surface area contributed by atoms with Gasteiger partial charge in [-0.05, 0) is 66.1 Å². The van der Waals surface area contributed by atoms with Crippen molar-refractivity contribution in [1.82, 2.24) is 0 Å². The number of anilines is 2. The Hall–Kier alpha value is -3.47. The minimum absolute atomic E-state index is 0.000375. The molecule has 1 aromatic heterocycles. The van der Waals surface area contributed by atoms with Crippen LogP contribution in [0.2, 0.25) is 10.0 Å². The van der Waals surface area contributed by atoms with Crippen LogP contribution >= 0.6 is 23.2 Å². The van der Waals surface area contributed by atoms with Crippen LogP contribution < -0.4 is 10.2 Å². The summed E-state index contributed by atoms with van der Waals surface area (Å²) in [5, 5.41) is 5.01. The number of para-hydroxylation sites is 2. The molecule has 3 aromatic carbocycles. The maximum absolute atomic E-state index is 13.9. The summed E-state index contributed by atoms with van der Waals surface area (Å²) in [6, 6.07) is 27.5. The standard InChI is InChI=1S/C30H24Cl2N2O2/c31-22-11-7-19(8-12-22)18-34-26-5-2-1-4-24(26)33-25-16-21(28-6-3-15-36-28)17-27(35)29(25)30(34)20-9-13-23(32)14-10-20/h1-15,21,30,33H,16-18H2/t21-,30+/m0/s1. The lowest BCUT2D eigenvalue weighted by molar-refractivity contribution is -0.116. The maximum atomic E-state index is 13.9. The zero-order chi connectivity index (χ0) is 24.6. The Morgan fingerprint density at radius 3 is 2.31 bits per heavy atom. The van der Waals surface area contributed by atoms with Crippen LogP contribution in [0.25, 0.3) is 0 Å². The molecule has 36 heavy (non-hydrogen) atoms. The Morgan fingerprint density at radius 1 is 0.861 bits per heavy atom. The van der Waals surface area contributed by atoms with Gasteiger partial charge in [-0.15, -0.1) is 0 Å². The number of ketones is 1. The van der Waals surface area contributed by atoms with Crippen LogP contribution in [0.4, 0.5) is 11.4 Å². The molecule has 0 saturated heterocycles. The van der Waals surface area contributed by atoms with Crippen LogP contribution in [-0.4, -0.2) is 5.78 Å². The monoisotopic (exact) mass is 514 g/mol. The summed E-state index contributed by atoms with van der Waals surface area (Å²) in [4.78, 5) is 16.2. The van der Waals surface area contributed by atoms with Crippen LogP contribution in [-0.2, 0) is 11.3 Å². The van der Waals surface area contributed by atoms with Gasteiger partial charge >= 0.3 is 0 Å². The van der Waals surface area contributed by atoms with E-state index in [1.54, 1.807) is 6.26 Å². The van der Waals surface area contributed by atoms with Crippen molar-refractivity contribution in [3.8, 4) is 0 Å². The van der Waals surface area contributed by atoms with Crippen LogP contribution in [0.3, 0.4) is 0 Å². The molecule has 4 nitrogen and oxygen atoms in total. The van der Waals surface area contributed by atoms with E-state index in [2.05, 4.69) is 22.3 Å². The number of nitrogens with one attached hydrogen (secondary N) is 1. The summed E-state index contributed by atoms with van der Waals surface area (Å²) in [5.41, 5.74) is 5.87. The third-order valence-electron chi connectivity index (χ3n) is 6.99. The topological polar surface area (TPSA) is 45.5 Å². The van der Waals surface area contributed by atoms with Crippen molar-refractivity contribution in [2.75, 3.05) is 10.2 Å². The normalized spacial score (nSPS) is 19.4. The third-order valence-corrected chi connectivity index (χ3v) is 7.49. The SMILES string of the molecule is O=C1C[C@@H](c2ccco2)CC2=C1[C@@H](c1ccc(Cl)cc1)N(Cc1ccc(Cl)cc1)c1ccccc1N2. The third kappa shape index (κ3) is 4.32. The number of halogens is 2. The molecule has 0 radical (unpaired) electrons. The van der Waals surface area contributed by atoms with Gasteiger partial charge in [0.15, 0.2) is 5.78 Å². The average Bonchev–Trinajstić information content (AvgIpc) is 3.38. The molecule has 2 atom stereocenters. The molecule has 0 saturated carbocycles. The molecule has 1 N–H and O–H groups in total. The first-order chi connectivity index (χ1) is 17.6. The lowest BCUT2D eigenvalue weighted by Gasteiger charge is -2.36. The molecule has 6 rings (SSSR count). The molecule has 4 aromatic rings. The molecule has 1 aliphatic heterocycles. The predicted octanol–water partition coefficient (Wildman–Crippen LogP) is 8.16. The molecule has 2 heterocycles. The fourth-order valence-electron chi connectivity index (χ4n) is 5.33. The molecule has 0 amide bonds. The maximum Gasteiger partial charge on any atom is 0.163 e. The Kier molecular flexibility index (Phi) is 6.08. The summed E-state index contributed by atoms with van der Waals surface area (Å²) >= 11 is 12.4. The molecule has 0 fully saturated rings. The summed E-state index contributed by atoms with van der Waals surface area (Å²) in [6.45, 7) is 0.606. The number of hydrogen-bond acceptors (Lipinski definition) is 4. The summed E-state index contributed by atoms with van der Waals surface area (Å²) < 4.78 is 5.70. The number of allylic oxidation sites excluding steroid dienone is 1. The van der Waals surface area contributed by atoms with E-state index in [0.29, 0.717) is 29.4 Å². The van der Waals surface area contributed by atoms with E-state index in [9.17, 15) is 4.79 Å². The minimum atomic E-state index is -0.283. The highest BCUT2D eigenvalue weighted by Crippen LogP contribution is 2.48. The van der Waals surface area contributed by atoms with Crippen molar-refractivity contribution in [3.05, 3.63) is 129 Å². The van der Waals surface area contributed by atoms with Crippen molar-refractivity contribution in [2.24, 2.45) is 0 Å². The summed E-state index contributed by atoms with van der Waals surface area (Å²) in [6.07, 6.45) is 2.77. The Morgan fingerprint density at radius 2 is 1.58 bits per heavy atom. The van der Waals surface area contributed by atoms with Gasteiger partial charge in [0.1, 0.15) is 5.76 Å². The number of furan rings is 1. The number of hydrogen-bond donors (Lipinski definition) is 1. The van der Waals surface area contributed by atoms with Gasteiger partial charge in [0, 0.05) is 40.2 Å². The van der Waals surface area contributed by atoms with Crippen molar-refractivity contribution >= 4 is 40.4 Å². The van der Waals surface area contributed by atoms with Gasteiger partial charge in [-0.1, -0.05) is 59.6 Å². The molecule has 2 aliphatic rings. The van der Waals surface area contributed by atoms with E-state index < -0.39 is 0 Å². The van der Waals surface area contributed by atoms with E-state index in [1.165, 1.54) is 0 Å². The quantitative estimate of drug-likeness (QED) is 0.298. The van der Waals surface area contributed by atoms with Crippen LogP contribution in [0, 0.1) is 0 Å². The lowest BCUT2D eigenvalue weighted by atomic mass is 9.80. The summed E-state index contributed by atoms with van der Waals surface area (Å²) in [7, 11) is 0. The molecule has 180 valence electrons. The highest BCUT2D eigenvalue weighted by atomic mass is 35.5. The number of benzene rings is 3. The highest BCUT2D eigenvalue weighted by molar-refractivity contribution is 6.30. The van der Waals surface area contributed by atoms with Crippen molar-refractivity contribution in [1.29, 1.82) is 0 Å². The molecule has 0 unspecified atom stereocenters. The first-order valence-electron chi connectivity index (χ1n) is 12.0. The number of carbonyl (C=O) groups excluding carboxylic acids is 1. The fourth-order valence-corrected chi connectivity index (χ4v) is 5.59. The number of rotatable bonds is 4. The Balaban J connectivity index is 1.53. The Bertz CT molecular complexity index is 1430. The van der Waals surface area contributed by atoms with Crippen LogP contribution in [0.15, 0.2) is 107 Å². The van der Waals surface area contributed by atoms with Gasteiger partial charge in [0.2, 0.25) is 0 Å². The molecule has 0 bridgehead atoms. The first-order valence-corrected chi connectivity index (χ1v) is 12.7. The minimum Gasteiger partial charge on any atom is -0.469 e. The molecule has 1 aliphatic carbocycles. The van der Waals surface area contributed by atoms with Gasteiger partial charge < -0.3 is 14.6 Å². The lowest BCUT2D eigenvalue weighted by Crippen LogP contribution is -2.34. The molecule has 0 spiro atoms. The molecular formula is C30H24Cl2N2O2. The number of nitrogens with zero attached hydrogens (tertiary/aromatic N) is 1. The van der Waals surface area contributed by atoms with Crippen molar-refractivity contribution in [3.63, 3.8) is 0 Å². The fraction of sp³-hybridized carbons (Fsp3) is 0.167. The zero-order valence-corrected chi connectivity index (χ0v) is 21.0. The second-order valence-corrected chi connectivity index (χ2v) is 10.2. The zero-order valence-electron chi connectivity index (χ0n) is 19.5. The van der Waals surface area contributed by atoms with Crippen LogP contribution in [0.5, 0.6) is 0 Å². The van der Waals surface area contributed by atoms with Gasteiger partial charge in [-0.3, -0.25) is 4.79 Å².